The summed E-state index contributed by atoms with van der Waals surface area (Å²) in [5, 5.41) is 8.73. The van der Waals surface area contributed by atoms with Gasteiger partial charge in [0.1, 0.15) is 5.15 Å². The Morgan fingerprint density at radius 1 is 1.29 bits per heavy atom. The van der Waals surface area contributed by atoms with Crippen LogP contribution in [0, 0.1) is 6.92 Å². The van der Waals surface area contributed by atoms with E-state index in [0.717, 1.165) is 42.2 Å². The van der Waals surface area contributed by atoms with E-state index >= 15 is 0 Å². The Bertz CT molecular complexity index is 563. The minimum Gasteiger partial charge on any atom is -0.314 e. The molecule has 114 valence electrons. The van der Waals surface area contributed by atoms with Crippen LogP contribution in [0.1, 0.15) is 30.2 Å². The van der Waals surface area contributed by atoms with Crippen molar-refractivity contribution in [2.24, 2.45) is 7.05 Å². The highest BCUT2D eigenvalue weighted by atomic mass is 35.5. The molecule has 0 saturated heterocycles. The normalized spacial score (nSPS) is 12.6. The standard InChI is InChI=1S/C17H24ClN3/c1-4-19-15(11-10-14-8-6-5-7-9-14)12-16-13(2)20-21(3)17(16)18/h5-9,15,19H,4,10-12H2,1-3H3. The minimum absolute atomic E-state index is 0.426. The molecule has 1 N–H and O–H groups in total. The minimum atomic E-state index is 0.426. The Morgan fingerprint density at radius 2 is 2.00 bits per heavy atom. The van der Waals surface area contributed by atoms with Gasteiger partial charge < -0.3 is 5.32 Å². The number of benzene rings is 1. The number of hydrogen-bond acceptors (Lipinski definition) is 2. The number of aromatic nitrogens is 2. The number of nitrogens with one attached hydrogen (secondary N) is 1. The maximum atomic E-state index is 6.35. The molecule has 1 heterocycles. The number of likely N-dealkylation sites (N-methyl/N-ethyl adjacent to an activating group) is 1. The molecule has 0 fully saturated rings. The van der Waals surface area contributed by atoms with E-state index in [2.05, 4.69) is 47.7 Å². The molecule has 1 aromatic heterocycles. The molecule has 21 heavy (non-hydrogen) atoms. The van der Waals surface area contributed by atoms with Crippen molar-refractivity contribution in [3.63, 3.8) is 0 Å². The highest BCUT2D eigenvalue weighted by Gasteiger charge is 2.16. The van der Waals surface area contributed by atoms with Gasteiger partial charge in [0.2, 0.25) is 0 Å². The molecule has 2 rings (SSSR count). The Kier molecular flexibility index (Phi) is 5.83. The summed E-state index contributed by atoms with van der Waals surface area (Å²) in [5.74, 6) is 0. The maximum Gasteiger partial charge on any atom is 0.130 e. The highest BCUT2D eigenvalue weighted by Crippen LogP contribution is 2.21. The molecule has 1 aromatic carbocycles. The largest absolute Gasteiger partial charge is 0.314 e. The summed E-state index contributed by atoms with van der Waals surface area (Å²) in [5.41, 5.74) is 3.58. The highest BCUT2D eigenvalue weighted by molar-refractivity contribution is 6.30. The van der Waals surface area contributed by atoms with Gasteiger partial charge >= 0.3 is 0 Å². The molecule has 4 heteroatoms. The van der Waals surface area contributed by atoms with Gasteiger partial charge in [0, 0.05) is 18.7 Å². The van der Waals surface area contributed by atoms with Gasteiger partial charge in [-0.2, -0.15) is 5.10 Å². The first-order valence-corrected chi connectivity index (χ1v) is 7.94. The van der Waals surface area contributed by atoms with Crippen LogP contribution < -0.4 is 5.32 Å². The lowest BCUT2D eigenvalue weighted by Crippen LogP contribution is -2.31. The van der Waals surface area contributed by atoms with Crippen LogP contribution in [0.15, 0.2) is 30.3 Å². The lowest BCUT2D eigenvalue weighted by Gasteiger charge is -2.18. The zero-order valence-corrected chi connectivity index (χ0v) is 13.8. The van der Waals surface area contributed by atoms with E-state index in [1.807, 2.05) is 14.0 Å². The second-order valence-corrected chi connectivity index (χ2v) is 5.82. The van der Waals surface area contributed by atoms with Crippen LogP contribution in [-0.4, -0.2) is 22.4 Å². The third-order valence-corrected chi connectivity index (χ3v) is 4.31. The van der Waals surface area contributed by atoms with Gasteiger partial charge in [-0.3, -0.25) is 4.68 Å². The predicted molar refractivity (Wildman–Crippen MR) is 88.9 cm³/mol. The fourth-order valence-corrected chi connectivity index (χ4v) is 2.95. The van der Waals surface area contributed by atoms with Crippen molar-refractivity contribution in [3.05, 3.63) is 52.3 Å². The fourth-order valence-electron chi connectivity index (χ4n) is 2.70. The molecular formula is C17H24ClN3. The molecule has 0 amide bonds. The van der Waals surface area contributed by atoms with Gasteiger partial charge in [-0.25, -0.2) is 0 Å². The number of rotatable bonds is 7. The van der Waals surface area contributed by atoms with Crippen molar-refractivity contribution in [2.45, 2.75) is 39.2 Å². The molecule has 3 nitrogen and oxygen atoms in total. The molecule has 0 saturated carbocycles. The van der Waals surface area contributed by atoms with E-state index < -0.39 is 0 Å². The summed E-state index contributed by atoms with van der Waals surface area (Å²) in [6.45, 7) is 5.14. The first-order valence-electron chi connectivity index (χ1n) is 7.57. The summed E-state index contributed by atoms with van der Waals surface area (Å²) in [7, 11) is 1.89. The molecule has 2 aromatic rings. The van der Waals surface area contributed by atoms with Gasteiger partial charge in [-0.05, 0) is 38.3 Å². The van der Waals surface area contributed by atoms with Crippen LogP contribution >= 0.6 is 11.6 Å². The number of hydrogen-bond donors (Lipinski definition) is 1. The molecule has 1 atom stereocenters. The molecule has 1 unspecified atom stereocenters. The summed E-state index contributed by atoms with van der Waals surface area (Å²) in [6, 6.07) is 11.1. The molecule has 0 aliphatic rings. The number of nitrogens with zero attached hydrogens (tertiary/aromatic N) is 2. The quantitative estimate of drug-likeness (QED) is 0.848. The lowest BCUT2D eigenvalue weighted by molar-refractivity contribution is 0.490. The predicted octanol–water partition coefficient (Wildman–Crippen LogP) is 3.54. The van der Waals surface area contributed by atoms with Gasteiger partial charge in [-0.15, -0.1) is 0 Å². The van der Waals surface area contributed by atoms with Crippen molar-refractivity contribution >= 4 is 11.6 Å². The zero-order valence-electron chi connectivity index (χ0n) is 13.1. The van der Waals surface area contributed by atoms with Crippen LogP contribution in [0.25, 0.3) is 0 Å². The first kappa shape index (κ1) is 16.1. The fraction of sp³-hybridized carbons (Fsp3) is 0.471. The lowest BCUT2D eigenvalue weighted by atomic mass is 9.99. The van der Waals surface area contributed by atoms with Crippen LogP contribution in [0.3, 0.4) is 0 Å². The van der Waals surface area contributed by atoms with Crippen molar-refractivity contribution in [3.8, 4) is 0 Å². The SMILES string of the molecule is CCNC(CCc1ccccc1)Cc1c(C)nn(C)c1Cl. The average molecular weight is 306 g/mol. The van der Waals surface area contributed by atoms with E-state index in [0.29, 0.717) is 6.04 Å². The van der Waals surface area contributed by atoms with Crippen molar-refractivity contribution in [2.75, 3.05) is 6.54 Å². The van der Waals surface area contributed by atoms with Gasteiger partial charge in [0.25, 0.3) is 0 Å². The number of aryl methyl sites for hydroxylation is 3. The Balaban J connectivity index is 2.02. The summed E-state index contributed by atoms with van der Waals surface area (Å²) in [6.07, 6.45) is 3.11. The zero-order chi connectivity index (χ0) is 15.2. The first-order chi connectivity index (χ1) is 10.1. The summed E-state index contributed by atoms with van der Waals surface area (Å²) < 4.78 is 1.76. The van der Waals surface area contributed by atoms with Crippen LogP contribution in [-0.2, 0) is 19.9 Å². The second kappa shape index (κ2) is 7.62. The van der Waals surface area contributed by atoms with Gasteiger partial charge in [0.15, 0.2) is 0 Å². The van der Waals surface area contributed by atoms with Gasteiger partial charge in [0.05, 0.1) is 5.69 Å². The smallest absolute Gasteiger partial charge is 0.130 e. The molecule has 0 spiro atoms. The topological polar surface area (TPSA) is 29.9 Å². The van der Waals surface area contributed by atoms with Gasteiger partial charge in [-0.1, -0.05) is 48.9 Å². The van der Waals surface area contributed by atoms with Crippen LogP contribution in [0.5, 0.6) is 0 Å². The third-order valence-electron chi connectivity index (χ3n) is 3.84. The van der Waals surface area contributed by atoms with E-state index in [1.54, 1.807) is 4.68 Å². The monoisotopic (exact) mass is 305 g/mol. The van der Waals surface area contributed by atoms with Crippen LogP contribution in [0.2, 0.25) is 5.15 Å². The van der Waals surface area contributed by atoms with Crippen molar-refractivity contribution < 1.29 is 0 Å². The Labute approximate surface area is 132 Å². The van der Waals surface area contributed by atoms with Crippen molar-refractivity contribution in [1.82, 2.24) is 15.1 Å². The average Bonchev–Trinajstić information content (AvgIpc) is 2.72. The summed E-state index contributed by atoms with van der Waals surface area (Å²) in [4.78, 5) is 0. The molecule has 0 aliphatic heterocycles. The van der Waals surface area contributed by atoms with E-state index in [1.165, 1.54) is 5.56 Å². The van der Waals surface area contributed by atoms with Crippen molar-refractivity contribution in [1.29, 1.82) is 0 Å². The molecular weight excluding hydrogens is 282 g/mol. The molecule has 0 radical (unpaired) electrons. The Morgan fingerprint density at radius 3 is 2.57 bits per heavy atom. The van der Waals surface area contributed by atoms with E-state index in [-0.39, 0.29) is 0 Å². The Hall–Kier alpha value is -1.32. The molecule has 0 bridgehead atoms. The second-order valence-electron chi connectivity index (χ2n) is 5.46. The third kappa shape index (κ3) is 4.32. The van der Waals surface area contributed by atoms with Crippen LogP contribution in [0.4, 0.5) is 0 Å². The maximum absolute atomic E-state index is 6.35. The van der Waals surface area contributed by atoms with E-state index in [4.69, 9.17) is 11.6 Å². The van der Waals surface area contributed by atoms with E-state index in [9.17, 15) is 0 Å². The molecule has 0 aliphatic carbocycles. The number of halogens is 1. The summed E-state index contributed by atoms with van der Waals surface area (Å²) >= 11 is 6.35.